The van der Waals surface area contributed by atoms with Crippen molar-refractivity contribution in [3.05, 3.63) is 24.1 Å². The Balaban J connectivity index is 2.32. The predicted molar refractivity (Wildman–Crippen MR) is 51.7 cm³/mol. The Morgan fingerprint density at radius 1 is 1.35 bits per heavy atom. The zero-order valence-corrected chi connectivity index (χ0v) is 8.51. The molecule has 0 saturated carbocycles. The van der Waals surface area contributed by atoms with Gasteiger partial charge in [0.1, 0.15) is 11.6 Å². The van der Waals surface area contributed by atoms with E-state index in [-0.39, 0.29) is 5.82 Å². The van der Waals surface area contributed by atoms with E-state index in [1.807, 2.05) is 5.32 Å². The summed E-state index contributed by atoms with van der Waals surface area (Å²) in [5.41, 5.74) is 0. The number of rotatable bonds is 4. The van der Waals surface area contributed by atoms with E-state index < -0.39 is 31.0 Å². The van der Waals surface area contributed by atoms with Crippen molar-refractivity contribution < 1.29 is 22.4 Å². The van der Waals surface area contributed by atoms with E-state index in [0.29, 0.717) is 0 Å². The Labute approximate surface area is 94.0 Å². The quantitative estimate of drug-likeness (QED) is 0.793. The Morgan fingerprint density at radius 2 is 2.06 bits per heavy atom. The van der Waals surface area contributed by atoms with Crippen molar-refractivity contribution in [2.45, 2.75) is 6.18 Å². The van der Waals surface area contributed by atoms with Crippen LogP contribution in [0.3, 0.4) is 0 Å². The van der Waals surface area contributed by atoms with Crippen molar-refractivity contribution in [2.75, 3.05) is 18.4 Å². The fourth-order valence-corrected chi connectivity index (χ4v) is 0.955. The minimum absolute atomic E-state index is 0.0743. The molecule has 4 nitrogen and oxygen atoms in total. The summed E-state index contributed by atoms with van der Waals surface area (Å²) >= 11 is 0. The van der Waals surface area contributed by atoms with Gasteiger partial charge in [-0.15, -0.1) is 0 Å². The van der Waals surface area contributed by atoms with E-state index in [2.05, 4.69) is 10.3 Å². The summed E-state index contributed by atoms with van der Waals surface area (Å²) in [6.07, 6.45) is -3.48. The van der Waals surface area contributed by atoms with Crippen molar-refractivity contribution in [1.29, 1.82) is 0 Å². The summed E-state index contributed by atoms with van der Waals surface area (Å²) in [7, 11) is 0. The minimum atomic E-state index is -4.37. The molecule has 2 N–H and O–H groups in total. The molecule has 0 aliphatic carbocycles. The van der Waals surface area contributed by atoms with E-state index in [1.165, 1.54) is 6.07 Å². The summed E-state index contributed by atoms with van der Waals surface area (Å²) in [5.74, 6) is -1.18. The highest BCUT2D eigenvalue weighted by molar-refractivity contribution is 5.91. The van der Waals surface area contributed by atoms with Crippen LogP contribution in [0.25, 0.3) is 0 Å². The highest BCUT2D eigenvalue weighted by Crippen LogP contribution is 2.11. The molecule has 1 heterocycles. The van der Waals surface area contributed by atoms with E-state index in [1.54, 1.807) is 0 Å². The van der Waals surface area contributed by atoms with Gasteiger partial charge in [-0.1, -0.05) is 0 Å². The first-order valence-corrected chi connectivity index (χ1v) is 4.56. The number of halogens is 4. The largest absolute Gasteiger partial charge is 0.401 e. The molecule has 0 unspecified atom stereocenters. The normalized spacial score (nSPS) is 11.3. The molecular weight excluding hydrogens is 242 g/mol. The zero-order valence-electron chi connectivity index (χ0n) is 8.51. The first kappa shape index (κ1) is 13.4. The lowest BCUT2D eigenvalue weighted by Gasteiger charge is -2.08. The molecule has 0 saturated heterocycles. The van der Waals surface area contributed by atoms with Gasteiger partial charge in [-0.25, -0.2) is 9.37 Å². The number of hydrogen-bond donors (Lipinski definition) is 2. The molecule has 1 aromatic heterocycles. The summed E-state index contributed by atoms with van der Waals surface area (Å²) < 4.78 is 47.6. The molecule has 0 aromatic carbocycles. The van der Waals surface area contributed by atoms with Crippen LogP contribution in [0.5, 0.6) is 0 Å². The molecule has 0 aliphatic rings. The van der Waals surface area contributed by atoms with Crippen LogP contribution < -0.4 is 10.6 Å². The highest BCUT2D eigenvalue weighted by atomic mass is 19.4. The molecule has 0 aliphatic heterocycles. The number of hydrogen-bond acceptors (Lipinski definition) is 3. The number of alkyl halides is 3. The maximum Gasteiger partial charge on any atom is 0.401 e. The van der Waals surface area contributed by atoms with Crippen molar-refractivity contribution in [2.24, 2.45) is 0 Å². The van der Waals surface area contributed by atoms with Gasteiger partial charge in [-0.3, -0.25) is 4.79 Å². The standard InChI is InChI=1S/C9H9F4N3O/c10-6-1-2-7(15-3-6)16-8(17)4-14-5-9(11,12)13/h1-3,14H,4-5H2,(H,15,16,17). The molecule has 94 valence electrons. The van der Waals surface area contributed by atoms with Crippen LogP contribution in [0.15, 0.2) is 18.3 Å². The molecule has 8 heteroatoms. The van der Waals surface area contributed by atoms with Crippen LogP contribution in [-0.4, -0.2) is 30.2 Å². The lowest BCUT2D eigenvalue weighted by atomic mass is 10.4. The summed E-state index contributed by atoms with van der Waals surface area (Å²) in [4.78, 5) is 14.6. The van der Waals surface area contributed by atoms with Crippen molar-refractivity contribution in [3.8, 4) is 0 Å². The van der Waals surface area contributed by atoms with Gasteiger partial charge in [-0.2, -0.15) is 13.2 Å². The second kappa shape index (κ2) is 5.58. The van der Waals surface area contributed by atoms with Crippen molar-refractivity contribution >= 4 is 11.7 Å². The third kappa shape index (κ3) is 5.81. The SMILES string of the molecule is O=C(CNCC(F)(F)F)Nc1ccc(F)cn1. The number of carbonyl (C=O) groups is 1. The zero-order chi connectivity index (χ0) is 12.9. The Morgan fingerprint density at radius 3 is 2.59 bits per heavy atom. The van der Waals surface area contributed by atoms with Crippen molar-refractivity contribution in [3.63, 3.8) is 0 Å². The molecular formula is C9H9F4N3O. The van der Waals surface area contributed by atoms with Gasteiger partial charge < -0.3 is 10.6 Å². The number of nitrogens with zero attached hydrogens (tertiary/aromatic N) is 1. The van der Waals surface area contributed by atoms with Crippen LogP contribution in [0.4, 0.5) is 23.4 Å². The van der Waals surface area contributed by atoms with E-state index >= 15 is 0 Å². The van der Waals surface area contributed by atoms with Crippen LogP contribution >= 0.6 is 0 Å². The van der Waals surface area contributed by atoms with Gasteiger partial charge >= 0.3 is 6.18 Å². The summed E-state index contributed by atoms with van der Waals surface area (Å²) in [6, 6.07) is 2.28. The maximum absolute atomic E-state index is 12.4. The topological polar surface area (TPSA) is 54.0 Å². The Bertz CT molecular complexity index is 377. The summed E-state index contributed by atoms with van der Waals surface area (Å²) in [5, 5.41) is 4.13. The second-order valence-corrected chi connectivity index (χ2v) is 3.13. The number of carbonyl (C=O) groups excluding carboxylic acids is 1. The maximum atomic E-state index is 12.4. The average Bonchev–Trinajstić information content (AvgIpc) is 2.19. The molecule has 0 atom stereocenters. The van der Waals surface area contributed by atoms with Crippen molar-refractivity contribution in [1.82, 2.24) is 10.3 Å². The van der Waals surface area contributed by atoms with Gasteiger partial charge in [0.05, 0.1) is 19.3 Å². The van der Waals surface area contributed by atoms with Crippen LogP contribution in [0.2, 0.25) is 0 Å². The second-order valence-electron chi connectivity index (χ2n) is 3.13. The van der Waals surface area contributed by atoms with E-state index in [0.717, 1.165) is 12.3 Å². The molecule has 0 spiro atoms. The lowest BCUT2D eigenvalue weighted by molar-refractivity contribution is -0.126. The minimum Gasteiger partial charge on any atom is -0.310 e. The molecule has 17 heavy (non-hydrogen) atoms. The number of amides is 1. The average molecular weight is 251 g/mol. The van der Waals surface area contributed by atoms with Gasteiger partial charge in [0.2, 0.25) is 5.91 Å². The monoisotopic (exact) mass is 251 g/mol. The first-order valence-electron chi connectivity index (χ1n) is 4.56. The molecule has 0 radical (unpaired) electrons. The third-order valence-electron chi connectivity index (χ3n) is 1.61. The first-order chi connectivity index (χ1) is 7.87. The van der Waals surface area contributed by atoms with Gasteiger partial charge in [0.15, 0.2) is 0 Å². The Kier molecular flexibility index (Phi) is 4.38. The van der Waals surface area contributed by atoms with Gasteiger partial charge in [0.25, 0.3) is 0 Å². The molecule has 0 bridgehead atoms. The number of anilines is 1. The smallest absolute Gasteiger partial charge is 0.310 e. The van der Waals surface area contributed by atoms with Gasteiger partial charge in [0, 0.05) is 0 Å². The third-order valence-corrected chi connectivity index (χ3v) is 1.61. The number of nitrogens with one attached hydrogen (secondary N) is 2. The molecule has 1 aromatic rings. The number of pyridine rings is 1. The fraction of sp³-hybridized carbons (Fsp3) is 0.333. The Hall–Kier alpha value is -1.70. The van der Waals surface area contributed by atoms with Gasteiger partial charge in [-0.05, 0) is 12.1 Å². The summed E-state index contributed by atoms with van der Waals surface area (Å²) in [6.45, 7) is -1.75. The number of aromatic nitrogens is 1. The molecule has 1 rings (SSSR count). The highest BCUT2D eigenvalue weighted by Gasteiger charge is 2.26. The fourth-order valence-electron chi connectivity index (χ4n) is 0.955. The van der Waals surface area contributed by atoms with E-state index in [9.17, 15) is 22.4 Å². The molecule has 0 fully saturated rings. The molecule has 1 amide bonds. The van der Waals surface area contributed by atoms with Crippen LogP contribution in [0, 0.1) is 5.82 Å². The van der Waals surface area contributed by atoms with Crippen LogP contribution in [-0.2, 0) is 4.79 Å². The predicted octanol–water partition coefficient (Wildman–Crippen LogP) is 1.31. The lowest BCUT2D eigenvalue weighted by Crippen LogP contribution is -2.35. The van der Waals surface area contributed by atoms with Crippen LogP contribution in [0.1, 0.15) is 0 Å². The van der Waals surface area contributed by atoms with E-state index in [4.69, 9.17) is 0 Å².